The summed E-state index contributed by atoms with van der Waals surface area (Å²) >= 11 is 2.38. The summed E-state index contributed by atoms with van der Waals surface area (Å²) in [5.41, 5.74) is 0. The molecule has 0 amide bonds. The summed E-state index contributed by atoms with van der Waals surface area (Å²) < 4.78 is 0. The van der Waals surface area contributed by atoms with E-state index in [9.17, 15) is 0 Å². The van der Waals surface area contributed by atoms with E-state index in [1.807, 2.05) is 30.7 Å². The summed E-state index contributed by atoms with van der Waals surface area (Å²) in [6, 6.07) is 0. The fraction of sp³-hybridized carbons (Fsp3) is 0.333. The van der Waals surface area contributed by atoms with Crippen molar-refractivity contribution in [2.75, 3.05) is 20.0 Å². The Morgan fingerprint density at radius 3 is 1.25 bits per heavy atom. The Labute approximate surface area is 99.6 Å². The van der Waals surface area contributed by atoms with Crippen molar-refractivity contribution in [2.24, 2.45) is 0 Å². The summed E-state index contributed by atoms with van der Waals surface area (Å²) in [6.45, 7) is 6.69. The maximum Gasteiger partial charge on any atom is 0.00506 e. The molecule has 1 rings (SSSR count). The third kappa shape index (κ3) is 30.5. The van der Waals surface area contributed by atoms with Gasteiger partial charge >= 0.3 is 21.8 Å². The van der Waals surface area contributed by atoms with E-state index in [-0.39, 0.29) is 19.5 Å². The van der Waals surface area contributed by atoms with E-state index in [0.717, 1.165) is 0 Å². The van der Waals surface area contributed by atoms with Gasteiger partial charge < -0.3 is 0 Å². The van der Waals surface area contributed by atoms with Gasteiger partial charge in [0.25, 0.3) is 0 Å². The molecule has 0 fully saturated rings. The molecule has 0 aromatic rings. The third-order valence-corrected chi connectivity index (χ3v) is 0.556. The second-order valence-electron chi connectivity index (χ2n) is 2.30. The van der Waals surface area contributed by atoms with Gasteiger partial charge in [0.15, 0.2) is 0 Å². The molecule has 73 valence electrons. The second kappa shape index (κ2) is 18.0. The first-order chi connectivity index (χ1) is 5.23. The Morgan fingerprint density at radius 2 is 1.17 bits per heavy atom. The smallest absolute Gasteiger partial charge is 0.00506 e. The van der Waals surface area contributed by atoms with Crippen LogP contribution in [0.1, 0.15) is 0 Å². The van der Waals surface area contributed by atoms with E-state index in [1.54, 1.807) is 0 Å². The van der Waals surface area contributed by atoms with E-state index in [2.05, 4.69) is 41.8 Å². The molecule has 0 spiro atoms. The zero-order valence-electron chi connectivity index (χ0n) is 7.78. The maximum absolute atomic E-state index is 3.12. The Bertz CT molecular complexity index is 98.3. The van der Waals surface area contributed by atoms with Crippen LogP contribution in [0, 0.1) is 12.2 Å². The zero-order valence-corrected chi connectivity index (χ0v) is 12.0. The average Bonchev–Trinajstić information content (AvgIpc) is 2.44. The molecule has 12 heavy (non-hydrogen) atoms. The fourth-order valence-corrected chi connectivity index (χ4v) is 0.321. The summed E-state index contributed by atoms with van der Waals surface area (Å²) in [4.78, 5) is 0. The van der Waals surface area contributed by atoms with Crippen LogP contribution in [-0.2, 0) is 19.5 Å². The molecular weight excluding hydrogens is 321 g/mol. The minimum atomic E-state index is 0. The SMILES string of the molecule is CP(C)C.[CH2-][Se].[CH]1C=CC=C1.[Rh]. The molecule has 3 radical (unpaired) electrons. The van der Waals surface area contributed by atoms with Crippen LogP contribution in [0.3, 0.4) is 0 Å². The normalized spacial score (nSPS) is 10.8. The molecular formula is C9H16PRhSe-. The van der Waals surface area contributed by atoms with E-state index >= 15 is 0 Å². The molecule has 0 bridgehead atoms. The van der Waals surface area contributed by atoms with Crippen LogP contribution >= 0.6 is 7.92 Å². The molecule has 0 aromatic carbocycles. The van der Waals surface area contributed by atoms with Crippen molar-refractivity contribution in [2.45, 2.75) is 0 Å². The molecule has 0 aliphatic heterocycles. The number of hydrogen-bond donors (Lipinski definition) is 0. The zero-order chi connectivity index (χ0) is 9.11. The Hall–Kier alpha value is 1.05. The van der Waals surface area contributed by atoms with Gasteiger partial charge in [-0.05, 0) is 20.0 Å². The summed E-state index contributed by atoms with van der Waals surface area (Å²) in [7, 11) is 0.380. The number of hydrogen-bond acceptors (Lipinski definition) is 0. The van der Waals surface area contributed by atoms with Gasteiger partial charge in [0.2, 0.25) is 0 Å². The minimum absolute atomic E-state index is 0. The van der Waals surface area contributed by atoms with Crippen LogP contribution in [-0.4, -0.2) is 36.0 Å². The van der Waals surface area contributed by atoms with Gasteiger partial charge in [-0.1, -0.05) is 24.3 Å². The maximum atomic E-state index is 3.12. The Balaban J connectivity index is -0.000000107. The average molecular weight is 337 g/mol. The first-order valence-corrected chi connectivity index (χ1v) is 7.19. The minimum Gasteiger partial charge on any atom is -0.0767 e. The van der Waals surface area contributed by atoms with Gasteiger partial charge in [-0.3, -0.25) is 0 Å². The first kappa shape index (κ1) is 18.8. The largest absolute Gasteiger partial charge is 0.0767 e. The van der Waals surface area contributed by atoms with Gasteiger partial charge in [0, 0.05) is 25.9 Å². The second-order valence-corrected chi connectivity index (χ2v) is 4.99. The summed E-state index contributed by atoms with van der Waals surface area (Å²) in [5, 5.41) is 0. The standard InChI is InChI=1S/C5H5.C3H9P.CH2Se.Rh/c1-2-4-5-3-1;1-4(2)3;1-2;/h1-5H;1-3H3;1H2;/q;;-1;. The molecule has 0 saturated heterocycles. The quantitative estimate of drug-likeness (QED) is 0.362. The monoisotopic (exact) mass is 338 g/mol. The van der Waals surface area contributed by atoms with Crippen molar-refractivity contribution in [3.8, 4) is 0 Å². The van der Waals surface area contributed by atoms with Gasteiger partial charge in [0.05, 0.1) is 0 Å². The van der Waals surface area contributed by atoms with Crippen molar-refractivity contribution >= 4 is 23.9 Å². The van der Waals surface area contributed by atoms with Crippen LogP contribution in [0.15, 0.2) is 24.3 Å². The van der Waals surface area contributed by atoms with Crippen molar-refractivity contribution in [3.05, 3.63) is 36.5 Å². The van der Waals surface area contributed by atoms with Crippen molar-refractivity contribution in [1.82, 2.24) is 0 Å². The predicted molar refractivity (Wildman–Crippen MR) is 58.4 cm³/mol. The first-order valence-electron chi connectivity index (χ1n) is 3.30. The van der Waals surface area contributed by atoms with Crippen molar-refractivity contribution in [3.63, 3.8) is 0 Å². The summed E-state index contributed by atoms with van der Waals surface area (Å²) in [6.07, 6.45) is 10.0. The predicted octanol–water partition coefficient (Wildman–Crippen LogP) is 2.62. The van der Waals surface area contributed by atoms with E-state index in [1.165, 1.54) is 0 Å². The van der Waals surface area contributed by atoms with Gasteiger partial charge in [-0.15, -0.1) is 7.92 Å². The molecule has 3 heteroatoms. The van der Waals surface area contributed by atoms with Gasteiger partial charge in [-0.25, -0.2) is 0 Å². The van der Waals surface area contributed by atoms with Crippen LogP contribution in [0.4, 0.5) is 0 Å². The molecule has 1 aliphatic carbocycles. The van der Waals surface area contributed by atoms with Crippen LogP contribution in [0.25, 0.3) is 0 Å². The Morgan fingerprint density at radius 1 is 0.917 bits per heavy atom. The van der Waals surface area contributed by atoms with Crippen LogP contribution in [0.5, 0.6) is 0 Å². The van der Waals surface area contributed by atoms with Gasteiger partial charge in [-0.2, -0.15) is 0 Å². The van der Waals surface area contributed by atoms with E-state index in [4.69, 9.17) is 0 Å². The Kier molecular flexibility index (Phi) is 28.1. The summed E-state index contributed by atoms with van der Waals surface area (Å²) in [5.74, 6) is 3.12. The van der Waals surface area contributed by atoms with Crippen molar-refractivity contribution < 1.29 is 19.5 Å². The third-order valence-electron chi connectivity index (χ3n) is 0.556. The molecule has 0 atom stereocenters. The molecule has 0 aromatic heterocycles. The molecule has 0 heterocycles. The van der Waals surface area contributed by atoms with Crippen LogP contribution < -0.4 is 0 Å². The fourth-order valence-electron chi connectivity index (χ4n) is 0.321. The molecule has 0 nitrogen and oxygen atoms in total. The van der Waals surface area contributed by atoms with E-state index in [0.29, 0.717) is 7.92 Å². The van der Waals surface area contributed by atoms with Gasteiger partial charge in [0.1, 0.15) is 0 Å². The van der Waals surface area contributed by atoms with Crippen LogP contribution in [0.2, 0.25) is 0 Å². The molecule has 0 N–H and O–H groups in total. The molecule has 1 aliphatic rings. The number of rotatable bonds is 0. The van der Waals surface area contributed by atoms with E-state index < -0.39 is 0 Å². The molecule has 0 saturated carbocycles. The molecule has 0 unspecified atom stereocenters. The topological polar surface area (TPSA) is 0 Å². The van der Waals surface area contributed by atoms with Crippen molar-refractivity contribution in [1.29, 1.82) is 0 Å². The number of allylic oxidation sites excluding steroid dienone is 4.